The van der Waals surface area contributed by atoms with Gasteiger partial charge in [-0.1, -0.05) is 23.8 Å². The van der Waals surface area contributed by atoms with Crippen LogP contribution in [0.25, 0.3) is 22.5 Å². The molecule has 4 nitrogen and oxygen atoms in total. The van der Waals surface area contributed by atoms with E-state index >= 15 is 0 Å². The number of nitrogen functional groups attached to an aromatic ring is 1. The van der Waals surface area contributed by atoms with E-state index < -0.39 is 0 Å². The highest BCUT2D eigenvalue weighted by atomic mass is 15.3. The summed E-state index contributed by atoms with van der Waals surface area (Å²) in [6.07, 6.45) is 1.77. The van der Waals surface area contributed by atoms with E-state index in [0.29, 0.717) is 5.82 Å². The molecular weight excluding hydrogens is 260 g/mol. The van der Waals surface area contributed by atoms with Gasteiger partial charge in [0.15, 0.2) is 0 Å². The molecule has 0 saturated carbocycles. The third-order valence-corrected chi connectivity index (χ3v) is 3.66. The van der Waals surface area contributed by atoms with Gasteiger partial charge in [0.1, 0.15) is 11.5 Å². The molecule has 2 aromatic heterocycles. The summed E-state index contributed by atoms with van der Waals surface area (Å²) in [6, 6.07) is 12.2. The monoisotopic (exact) mass is 278 g/mol. The molecule has 0 aliphatic heterocycles. The first-order chi connectivity index (χ1) is 10.1. The van der Waals surface area contributed by atoms with Gasteiger partial charge in [-0.05, 0) is 37.6 Å². The molecule has 0 aliphatic carbocycles. The van der Waals surface area contributed by atoms with Crippen LogP contribution in [0.15, 0.2) is 42.6 Å². The zero-order valence-corrected chi connectivity index (χ0v) is 12.5. The number of hydrogen-bond acceptors (Lipinski definition) is 3. The molecule has 1 aromatic carbocycles. The van der Waals surface area contributed by atoms with E-state index in [2.05, 4.69) is 42.1 Å². The van der Waals surface area contributed by atoms with Crippen LogP contribution in [-0.4, -0.2) is 14.8 Å². The van der Waals surface area contributed by atoms with Crippen molar-refractivity contribution in [3.63, 3.8) is 0 Å². The van der Waals surface area contributed by atoms with Crippen molar-refractivity contribution in [3.05, 3.63) is 53.7 Å². The Morgan fingerprint density at radius 3 is 2.62 bits per heavy atom. The molecule has 0 unspecified atom stereocenters. The van der Waals surface area contributed by atoms with Gasteiger partial charge in [-0.25, -0.2) is 0 Å². The fourth-order valence-corrected chi connectivity index (χ4v) is 2.48. The van der Waals surface area contributed by atoms with Crippen molar-refractivity contribution in [2.45, 2.75) is 13.8 Å². The van der Waals surface area contributed by atoms with E-state index in [9.17, 15) is 0 Å². The van der Waals surface area contributed by atoms with E-state index in [0.717, 1.165) is 22.5 Å². The zero-order chi connectivity index (χ0) is 15.0. The number of anilines is 1. The molecule has 0 radical (unpaired) electrons. The molecule has 0 spiro atoms. The molecule has 2 heterocycles. The van der Waals surface area contributed by atoms with Gasteiger partial charge in [-0.15, -0.1) is 0 Å². The smallest absolute Gasteiger partial charge is 0.131 e. The van der Waals surface area contributed by atoms with E-state index in [1.54, 1.807) is 10.9 Å². The van der Waals surface area contributed by atoms with Gasteiger partial charge in [0.25, 0.3) is 0 Å². The van der Waals surface area contributed by atoms with Crippen molar-refractivity contribution in [2.24, 2.45) is 7.05 Å². The van der Waals surface area contributed by atoms with Gasteiger partial charge in [0, 0.05) is 18.8 Å². The molecule has 106 valence electrons. The number of benzene rings is 1. The predicted octanol–water partition coefficient (Wildman–Crippen LogP) is 3.35. The predicted molar refractivity (Wildman–Crippen MR) is 85.8 cm³/mol. The van der Waals surface area contributed by atoms with Gasteiger partial charge < -0.3 is 5.73 Å². The number of aromatic nitrogens is 3. The standard InChI is InChI=1S/C17H18N4/c1-11-7-8-12(2)13(10-11)16-15(17(18)21(3)20-16)14-6-4-5-9-19-14/h4-10H,18H2,1-3H3. The normalized spacial score (nSPS) is 10.8. The summed E-state index contributed by atoms with van der Waals surface area (Å²) < 4.78 is 1.71. The van der Waals surface area contributed by atoms with Crippen LogP contribution in [0.4, 0.5) is 5.82 Å². The minimum absolute atomic E-state index is 0.629. The first-order valence-electron chi connectivity index (χ1n) is 6.89. The topological polar surface area (TPSA) is 56.7 Å². The minimum atomic E-state index is 0.629. The Morgan fingerprint density at radius 1 is 1.10 bits per heavy atom. The Kier molecular flexibility index (Phi) is 3.22. The van der Waals surface area contributed by atoms with Crippen molar-refractivity contribution >= 4 is 5.82 Å². The number of aryl methyl sites for hydroxylation is 3. The fourth-order valence-electron chi connectivity index (χ4n) is 2.48. The average molecular weight is 278 g/mol. The van der Waals surface area contributed by atoms with Crippen molar-refractivity contribution in [1.82, 2.24) is 14.8 Å². The Labute approximate surface area is 124 Å². The van der Waals surface area contributed by atoms with E-state index in [4.69, 9.17) is 5.73 Å². The average Bonchev–Trinajstić information content (AvgIpc) is 2.78. The maximum absolute atomic E-state index is 6.22. The molecule has 0 aliphatic rings. The van der Waals surface area contributed by atoms with Crippen LogP contribution in [0.1, 0.15) is 11.1 Å². The van der Waals surface area contributed by atoms with Crippen LogP contribution < -0.4 is 5.73 Å². The van der Waals surface area contributed by atoms with Crippen LogP contribution in [0, 0.1) is 13.8 Å². The van der Waals surface area contributed by atoms with Crippen LogP contribution in [0.5, 0.6) is 0 Å². The van der Waals surface area contributed by atoms with Gasteiger partial charge in [0.05, 0.1) is 11.3 Å². The Hall–Kier alpha value is -2.62. The molecule has 0 amide bonds. The molecule has 0 saturated heterocycles. The summed E-state index contributed by atoms with van der Waals surface area (Å²) in [5.74, 6) is 0.629. The van der Waals surface area contributed by atoms with Crippen molar-refractivity contribution in [3.8, 4) is 22.5 Å². The maximum Gasteiger partial charge on any atom is 0.131 e. The molecule has 3 aromatic rings. The first kappa shape index (κ1) is 13.4. The summed E-state index contributed by atoms with van der Waals surface area (Å²) in [5, 5.41) is 4.61. The number of rotatable bonds is 2. The van der Waals surface area contributed by atoms with Crippen molar-refractivity contribution in [2.75, 3.05) is 5.73 Å². The van der Waals surface area contributed by atoms with Crippen molar-refractivity contribution < 1.29 is 0 Å². The number of hydrogen-bond donors (Lipinski definition) is 1. The van der Waals surface area contributed by atoms with Crippen LogP contribution >= 0.6 is 0 Å². The molecule has 0 atom stereocenters. The summed E-state index contributed by atoms with van der Waals surface area (Å²) in [5.41, 5.74) is 12.3. The molecule has 3 rings (SSSR count). The van der Waals surface area contributed by atoms with Gasteiger partial charge in [-0.3, -0.25) is 9.67 Å². The number of pyridine rings is 1. The third-order valence-electron chi connectivity index (χ3n) is 3.66. The van der Waals surface area contributed by atoms with Crippen molar-refractivity contribution in [1.29, 1.82) is 0 Å². The second kappa shape index (κ2) is 5.05. The highest BCUT2D eigenvalue weighted by Crippen LogP contribution is 2.36. The van der Waals surface area contributed by atoms with E-state index in [-0.39, 0.29) is 0 Å². The lowest BCUT2D eigenvalue weighted by atomic mass is 9.98. The molecule has 4 heteroatoms. The van der Waals surface area contributed by atoms with E-state index in [1.807, 2.05) is 25.2 Å². The van der Waals surface area contributed by atoms with Crippen LogP contribution in [0.2, 0.25) is 0 Å². The molecule has 2 N–H and O–H groups in total. The number of nitrogens with two attached hydrogens (primary N) is 1. The highest BCUT2D eigenvalue weighted by Gasteiger charge is 2.19. The quantitative estimate of drug-likeness (QED) is 0.782. The largest absolute Gasteiger partial charge is 0.383 e. The zero-order valence-electron chi connectivity index (χ0n) is 12.5. The van der Waals surface area contributed by atoms with Gasteiger partial charge in [0.2, 0.25) is 0 Å². The molecule has 21 heavy (non-hydrogen) atoms. The summed E-state index contributed by atoms with van der Waals surface area (Å²) in [4.78, 5) is 4.43. The summed E-state index contributed by atoms with van der Waals surface area (Å²) in [6.45, 7) is 4.16. The lowest BCUT2D eigenvalue weighted by Crippen LogP contribution is -1.98. The lowest BCUT2D eigenvalue weighted by Gasteiger charge is -2.07. The van der Waals surface area contributed by atoms with Gasteiger partial charge >= 0.3 is 0 Å². The number of nitrogens with zero attached hydrogens (tertiary/aromatic N) is 3. The lowest BCUT2D eigenvalue weighted by molar-refractivity contribution is 0.782. The molecule has 0 fully saturated rings. The maximum atomic E-state index is 6.22. The Bertz CT molecular complexity index is 788. The van der Waals surface area contributed by atoms with Crippen LogP contribution in [-0.2, 0) is 7.05 Å². The Morgan fingerprint density at radius 2 is 1.90 bits per heavy atom. The first-order valence-corrected chi connectivity index (χ1v) is 6.89. The summed E-state index contributed by atoms with van der Waals surface area (Å²) in [7, 11) is 1.86. The second-order valence-corrected chi connectivity index (χ2v) is 5.27. The minimum Gasteiger partial charge on any atom is -0.383 e. The SMILES string of the molecule is Cc1ccc(C)c(-c2nn(C)c(N)c2-c2ccccn2)c1. The third kappa shape index (κ3) is 2.29. The van der Waals surface area contributed by atoms with E-state index in [1.165, 1.54) is 11.1 Å². The van der Waals surface area contributed by atoms with Gasteiger partial charge in [-0.2, -0.15) is 5.10 Å². The fraction of sp³-hybridized carbons (Fsp3) is 0.176. The molecular formula is C17H18N4. The highest BCUT2D eigenvalue weighted by molar-refractivity contribution is 5.87. The van der Waals surface area contributed by atoms with Crippen LogP contribution in [0.3, 0.4) is 0 Å². The summed E-state index contributed by atoms with van der Waals surface area (Å²) >= 11 is 0. The Balaban J connectivity index is 2.29. The molecule has 0 bridgehead atoms. The second-order valence-electron chi connectivity index (χ2n) is 5.27.